The second-order valence-corrected chi connectivity index (χ2v) is 10.9. The Morgan fingerprint density at radius 2 is 1.71 bits per heavy atom. The average molecular weight is 419 g/mol. The normalized spacial score (nSPS) is 31.1. The molecule has 1 N–H and O–H groups in total. The van der Waals surface area contributed by atoms with Gasteiger partial charge in [-0.05, 0) is 84.8 Å². The molecule has 31 heavy (non-hydrogen) atoms. The number of hydrogen-bond acceptors (Lipinski definition) is 4. The predicted octanol–water partition coefficient (Wildman–Crippen LogP) is 3.07. The van der Waals surface area contributed by atoms with Gasteiger partial charge in [-0.25, -0.2) is 0 Å². The van der Waals surface area contributed by atoms with Crippen LogP contribution in [0.15, 0.2) is 33.9 Å². The van der Waals surface area contributed by atoms with Crippen LogP contribution < -0.4 is 21.1 Å². The van der Waals surface area contributed by atoms with Crippen LogP contribution in [-0.4, -0.2) is 12.5 Å². The van der Waals surface area contributed by atoms with Crippen molar-refractivity contribution in [1.29, 1.82) is 0 Å². The molecular weight excluding hydrogens is 388 g/mol. The van der Waals surface area contributed by atoms with E-state index in [-0.39, 0.29) is 16.8 Å². The third-order valence-electron chi connectivity index (χ3n) is 8.54. The first kappa shape index (κ1) is 19.3. The van der Waals surface area contributed by atoms with Crippen molar-refractivity contribution >= 4 is 11.6 Å². The molecule has 0 saturated heterocycles. The zero-order chi connectivity index (χ0) is 21.2. The van der Waals surface area contributed by atoms with Gasteiger partial charge in [-0.1, -0.05) is 18.2 Å². The highest BCUT2D eigenvalue weighted by Gasteiger charge is 2.51. The van der Waals surface area contributed by atoms with Crippen LogP contribution in [0.1, 0.15) is 61.6 Å². The Morgan fingerprint density at radius 3 is 2.35 bits per heavy atom. The Hall–Kier alpha value is -2.43. The minimum Gasteiger partial charge on any atom is -0.363 e. The summed E-state index contributed by atoms with van der Waals surface area (Å²) in [5, 5.41) is 3.19. The van der Waals surface area contributed by atoms with Gasteiger partial charge in [0.2, 0.25) is 16.8 Å². The molecule has 0 radical (unpaired) electrons. The highest BCUT2D eigenvalue weighted by molar-refractivity contribution is 5.76. The summed E-state index contributed by atoms with van der Waals surface area (Å²) in [7, 11) is 0. The number of carbonyl (C=O) groups excluding carboxylic acids is 1. The maximum atomic E-state index is 12.8. The molecule has 0 unspecified atom stereocenters. The number of rotatable bonds is 5. The van der Waals surface area contributed by atoms with Crippen LogP contribution in [0, 0.1) is 23.2 Å². The first-order valence-electron chi connectivity index (χ1n) is 11.9. The van der Waals surface area contributed by atoms with E-state index in [1.807, 2.05) is 4.90 Å². The highest BCUT2D eigenvalue weighted by Crippen LogP contribution is 2.61. The summed E-state index contributed by atoms with van der Waals surface area (Å²) in [6.45, 7) is 1.97. The van der Waals surface area contributed by atoms with Gasteiger partial charge in [0, 0.05) is 32.1 Å². The molecule has 2 aromatic rings. The van der Waals surface area contributed by atoms with Gasteiger partial charge >= 0.3 is 0 Å². The van der Waals surface area contributed by atoms with Crippen molar-refractivity contribution in [3.05, 3.63) is 61.4 Å². The zero-order valence-corrected chi connectivity index (χ0v) is 18.0. The molecule has 1 amide bonds. The molecule has 7 rings (SSSR count). The van der Waals surface area contributed by atoms with Crippen LogP contribution >= 0.6 is 0 Å². The number of carbonyl (C=O) groups is 1. The lowest BCUT2D eigenvalue weighted by molar-refractivity contribution is -0.129. The van der Waals surface area contributed by atoms with Crippen molar-refractivity contribution in [3.63, 3.8) is 0 Å². The molecule has 5 nitrogen and oxygen atoms in total. The van der Waals surface area contributed by atoms with Gasteiger partial charge in [0.25, 0.3) is 0 Å². The lowest BCUT2D eigenvalue weighted by atomic mass is 9.49. The van der Waals surface area contributed by atoms with Gasteiger partial charge in [-0.15, -0.1) is 0 Å². The number of nitrogens with one attached hydrogen (secondary N) is 1. The van der Waals surface area contributed by atoms with Gasteiger partial charge in [0.1, 0.15) is 0 Å². The molecule has 4 bridgehead atoms. The molecule has 5 heteroatoms. The largest absolute Gasteiger partial charge is 0.363 e. The Morgan fingerprint density at radius 1 is 1.00 bits per heavy atom. The average Bonchev–Trinajstić information content (AvgIpc) is 2.74. The Kier molecular flexibility index (Phi) is 4.38. The summed E-state index contributed by atoms with van der Waals surface area (Å²) >= 11 is 0. The maximum Gasteiger partial charge on any atom is 0.249 e. The van der Waals surface area contributed by atoms with Crippen molar-refractivity contribution in [2.45, 2.75) is 64.5 Å². The molecule has 0 spiro atoms. The monoisotopic (exact) mass is 418 g/mol. The SMILES string of the molecule is O=C(CC12CC3CC(CC(C3)C1)C2)NCc1ccc2c(c1)CN(c1cc(=O)c1=O)CC2. The molecule has 1 heterocycles. The fourth-order valence-electron chi connectivity index (χ4n) is 7.57. The fourth-order valence-corrected chi connectivity index (χ4v) is 7.57. The predicted molar refractivity (Wildman–Crippen MR) is 120 cm³/mol. The second-order valence-electron chi connectivity index (χ2n) is 10.9. The van der Waals surface area contributed by atoms with Gasteiger partial charge in [0.15, 0.2) is 0 Å². The number of hydrogen-bond donors (Lipinski definition) is 1. The van der Waals surface area contributed by atoms with E-state index in [2.05, 4.69) is 23.5 Å². The van der Waals surface area contributed by atoms with Crippen LogP contribution in [-0.2, 0) is 24.3 Å². The first-order chi connectivity index (χ1) is 15.0. The quantitative estimate of drug-likeness (QED) is 0.758. The van der Waals surface area contributed by atoms with E-state index >= 15 is 0 Å². The molecule has 4 fully saturated rings. The van der Waals surface area contributed by atoms with Crippen LogP contribution in [0.5, 0.6) is 0 Å². The summed E-state index contributed by atoms with van der Waals surface area (Å²) < 4.78 is 0. The number of anilines is 1. The zero-order valence-electron chi connectivity index (χ0n) is 18.0. The van der Waals surface area contributed by atoms with E-state index in [0.717, 1.165) is 36.3 Å². The summed E-state index contributed by atoms with van der Waals surface area (Å²) in [6.07, 6.45) is 9.57. The van der Waals surface area contributed by atoms with E-state index in [4.69, 9.17) is 0 Å². The topological polar surface area (TPSA) is 66.5 Å². The lowest BCUT2D eigenvalue weighted by Crippen LogP contribution is -2.47. The number of fused-ring (bicyclic) bond motifs is 1. The van der Waals surface area contributed by atoms with Gasteiger partial charge in [-0.3, -0.25) is 14.4 Å². The molecule has 4 aliphatic carbocycles. The molecule has 4 saturated carbocycles. The number of amides is 1. The van der Waals surface area contributed by atoms with E-state index in [1.165, 1.54) is 55.7 Å². The van der Waals surface area contributed by atoms with Crippen LogP contribution in [0.3, 0.4) is 0 Å². The minimum absolute atomic E-state index is 0.199. The number of benzene rings is 1. The van der Waals surface area contributed by atoms with Crippen molar-refractivity contribution in [2.24, 2.45) is 23.2 Å². The smallest absolute Gasteiger partial charge is 0.249 e. The lowest BCUT2D eigenvalue weighted by Gasteiger charge is -2.56. The second kappa shape index (κ2) is 7.04. The summed E-state index contributed by atoms with van der Waals surface area (Å²) in [5.74, 6) is 2.81. The molecule has 5 aliphatic rings. The summed E-state index contributed by atoms with van der Waals surface area (Å²) in [6, 6.07) is 7.85. The number of nitrogens with zero attached hydrogens (tertiary/aromatic N) is 1. The summed E-state index contributed by atoms with van der Waals surface area (Å²) in [5.41, 5.74) is 3.64. The molecule has 162 valence electrons. The maximum absolute atomic E-state index is 12.8. The standard InChI is InChI=1S/C26H30N2O3/c29-23-9-22(25(23)31)28-4-3-20-2-1-16(8-21(20)15-28)14-27-24(30)13-26-10-17-5-18(11-26)7-19(6-17)12-26/h1-2,8-9,17-19H,3-7,10-15H2,(H,27,30). The van der Waals surface area contributed by atoms with Gasteiger partial charge in [0.05, 0.1) is 5.69 Å². The van der Waals surface area contributed by atoms with Gasteiger partial charge in [-0.2, -0.15) is 0 Å². The molecule has 2 aromatic carbocycles. The van der Waals surface area contributed by atoms with E-state index in [1.54, 1.807) is 0 Å². The van der Waals surface area contributed by atoms with E-state index in [0.29, 0.717) is 25.2 Å². The Labute approximate surface area is 182 Å². The Balaban J connectivity index is 1.09. The van der Waals surface area contributed by atoms with Crippen molar-refractivity contribution in [2.75, 3.05) is 11.4 Å². The molecule has 0 atom stereocenters. The highest BCUT2D eigenvalue weighted by atomic mass is 16.2. The van der Waals surface area contributed by atoms with Crippen LogP contribution in [0.4, 0.5) is 5.69 Å². The minimum atomic E-state index is -0.392. The third kappa shape index (κ3) is 3.42. The molecule has 0 aromatic heterocycles. The van der Waals surface area contributed by atoms with Crippen LogP contribution in [0.2, 0.25) is 0 Å². The fraction of sp³-hybridized carbons (Fsp3) is 0.577. The van der Waals surface area contributed by atoms with E-state index < -0.39 is 5.43 Å². The molecular formula is C26H30N2O3. The van der Waals surface area contributed by atoms with E-state index in [9.17, 15) is 14.4 Å². The van der Waals surface area contributed by atoms with Crippen LogP contribution in [0.25, 0.3) is 0 Å². The molecule has 1 aliphatic heterocycles. The van der Waals surface area contributed by atoms with Crippen molar-refractivity contribution in [3.8, 4) is 0 Å². The Bertz CT molecular complexity index is 1080. The van der Waals surface area contributed by atoms with Gasteiger partial charge < -0.3 is 10.2 Å². The summed E-state index contributed by atoms with van der Waals surface area (Å²) in [4.78, 5) is 37.9. The van der Waals surface area contributed by atoms with Crippen molar-refractivity contribution < 1.29 is 4.79 Å². The van der Waals surface area contributed by atoms with Crippen molar-refractivity contribution in [1.82, 2.24) is 5.32 Å². The third-order valence-corrected chi connectivity index (χ3v) is 8.54. The first-order valence-corrected chi connectivity index (χ1v) is 11.9.